The molecule has 0 rings (SSSR count). The molecule has 13 heavy (non-hydrogen) atoms. The number of nitrogens with zero attached hydrogens (tertiary/aromatic N) is 2. The van der Waals surface area contributed by atoms with Crippen LogP contribution in [0.2, 0.25) is 0 Å². The van der Waals surface area contributed by atoms with Gasteiger partial charge in [-0.1, -0.05) is 33.8 Å². The van der Waals surface area contributed by atoms with E-state index in [2.05, 4.69) is 44.0 Å². The topological polar surface area (TPSA) is 24.7 Å². The van der Waals surface area contributed by atoms with E-state index in [1.165, 1.54) is 6.42 Å². The summed E-state index contributed by atoms with van der Waals surface area (Å²) >= 11 is 0. The van der Waals surface area contributed by atoms with Crippen LogP contribution in [-0.4, -0.2) is 7.05 Å². The molecule has 0 aromatic rings. The van der Waals surface area contributed by atoms with Gasteiger partial charge in [-0.3, -0.25) is 0 Å². The lowest BCUT2D eigenvalue weighted by molar-refractivity contribution is 0.589. The molecular weight excluding hydrogens is 160 g/mol. The normalized spacial score (nSPS) is 13.6. The van der Waals surface area contributed by atoms with Crippen molar-refractivity contribution in [3.63, 3.8) is 0 Å². The average Bonchev–Trinajstić information content (AvgIpc) is 2.02. The summed E-state index contributed by atoms with van der Waals surface area (Å²) in [7, 11) is 1.72. The molecule has 0 fully saturated rings. The van der Waals surface area contributed by atoms with Crippen molar-refractivity contribution >= 4 is 0 Å². The first-order chi connectivity index (χ1) is 6.07. The summed E-state index contributed by atoms with van der Waals surface area (Å²) in [5.41, 5.74) is 1.11. The third kappa shape index (κ3) is 6.50. The van der Waals surface area contributed by atoms with Gasteiger partial charge in [0.25, 0.3) is 0 Å². The Bertz CT molecular complexity index is 179. The molecule has 0 atom stereocenters. The van der Waals surface area contributed by atoms with Gasteiger partial charge in [0.15, 0.2) is 0 Å². The fourth-order valence-electron chi connectivity index (χ4n) is 1.07. The molecule has 0 N–H and O–H groups in total. The van der Waals surface area contributed by atoms with Crippen molar-refractivity contribution in [1.29, 1.82) is 0 Å². The molecule has 0 radical (unpaired) electrons. The molecule has 0 aromatic carbocycles. The molecule has 2 nitrogen and oxygen atoms in total. The molecule has 0 saturated carbocycles. The van der Waals surface area contributed by atoms with Crippen molar-refractivity contribution in [2.75, 3.05) is 7.05 Å². The highest BCUT2D eigenvalue weighted by atomic mass is 15.1. The minimum atomic E-state index is 0.482. The summed E-state index contributed by atoms with van der Waals surface area (Å²) < 4.78 is 0. The number of allylic oxidation sites excluding steroid dienone is 2. The summed E-state index contributed by atoms with van der Waals surface area (Å²) in [6.45, 7) is 8.78. The molecule has 0 spiro atoms. The first kappa shape index (κ1) is 12.3. The number of hydrogen-bond donors (Lipinski definition) is 0. The van der Waals surface area contributed by atoms with Crippen molar-refractivity contribution in [3.8, 4) is 0 Å². The lowest BCUT2D eigenvalue weighted by atomic mass is 10.1. The zero-order valence-corrected chi connectivity index (χ0v) is 9.54. The van der Waals surface area contributed by atoms with Gasteiger partial charge in [0.2, 0.25) is 0 Å². The second-order valence-corrected chi connectivity index (χ2v) is 4.05. The molecular formula is C11H22N2. The Morgan fingerprint density at radius 3 is 2.23 bits per heavy atom. The van der Waals surface area contributed by atoms with Gasteiger partial charge in [-0.2, -0.15) is 10.2 Å². The molecule has 0 aliphatic heterocycles. The SMILES string of the molecule is CN=N/C(=C\CCC(C)C)C(C)C. The van der Waals surface area contributed by atoms with E-state index in [1.54, 1.807) is 7.05 Å². The number of azo groups is 1. The molecule has 2 heteroatoms. The molecule has 76 valence electrons. The monoisotopic (exact) mass is 182 g/mol. The predicted molar refractivity (Wildman–Crippen MR) is 57.8 cm³/mol. The van der Waals surface area contributed by atoms with Crippen LogP contribution in [0.3, 0.4) is 0 Å². The Kier molecular flexibility index (Phi) is 6.47. The predicted octanol–water partition coefficient (Wildman–Crippen LogP) is 4.04. The van der Waals surface area contributed by atoms with E-state index in [-0.39, 0.29) is 0 Å². The Labute approximate surface area is 82.1 Å². The molecule has 0 aliphatic carbocycles. The summed E-state index contributed by atoms with van der Waals surface area (Å²) in [5, 5.41) is 7.92. The Hall–Kier alpha value is -0.660. The van der Waals surface area contributed by atoms with Crippen LogP contribution in [0.15, 0.2) is 22.0 Å². The number of rotatable bonds is 5. The zero-order chi connectivity index (χ0) is 10.3. The van der Waals surface area contributed by atoms with Crippen molar-refractivity contribution in [1.82, 2.24) is 0 Å². The van der Waals surface area contributed by atoms with Crippen LogP contribution in [0.5, 0.6) is 0 Å². The molecule has 0 heterocycles. The van der Waals surface area contributed by atoms with E-state index in [0.29, 0.717) is 5.92 Å². The van der Waals surface area contributed by atoms with Crippen LogP contribution in [0.1, 0.15) is 40.5 Å². The Morgan fingerprint density at radius 1 is 1.23 bits per heavy atom. The summed E-state index contributed by atoms with van der Waals surface area (Å²) in [5.74, 6) is 1.25. The third-order valence-electron chi connectivity index (χ3n) is 1.90. The Balaban J connectivity index is 4.04. The second kappa shape index (κ2) is 6.81. The van der Waals surface area contributed by atoms with Gasteiger partial charge in [0.05, 0.1) is 5.70 Å². The van der Waals surface area contributed by atoms with Crippen LogP contribution in [0.25, 0.3) is 0 Å². The summed E-state index contributed by atoms with van der Waals surface area (Å²) in [4.78, 5) is 0. The molecule has 0 unspecified atom stereocenters. The molecule has 0 bridgehead atoms. The molecule has 0 aromatic heterocycles. The lowest BCUT2D eigenvalue weighted by Gasteiger charge is -2.05. The van der Waals surface area contributed by atoms with E-state index < -0.39 is 0 Å². The summed E-state index contributed by atoms with van der Waals surface area (Å²) in [6, 6.07) is 0. The maximum atomic E-state index is 4.11. The fourth-order valence-corrected chi connectivity index (χ4v) is 1.07. The maximum Gasteiger partial charge on any atom is 0.0611 e. The van der Waals surface area contributed by atoms with Crippen LogP contribution in [-0.2, 0) is 0 Å². The van der Waals surface area contributed by atoms with Gasteiger partial charge in [0.1, 0.15) is 0 Å². The van der Waals surface area contributed by atoms with Gasteiger partial charge in [-0.05, 0) is 24.7 Å². The van der Waals surface area contributed by atoms with Crippen molar-refractivity contribution in [2.24, 2.45) is 22.1 Å². The minimum absolute atomic E-state index is 0.482. The lowest BCUT2D eigenvalue weighted by Crippen LogP contribution is -1.91. The molecule has 0 saturated heterocycles. The first-order valence-corrected chi connectivity index (χ1v) is 5.07. The zero-order valence-electron chi connectivity index (χ0n) is 9.54. The third-order valence-corrected chi connectivity index (χ3v) is 1.90. The van der Waals surface area contributed by atoms with Crippen molar-refractivity contribution in [3.05, 3.63) is 11.8 Å². The van der Waals surface area contributed by atoms with E-state index in [1.807, 2.05) is 0 Å². The standard InChI is InChI=1S/C11H22N2/c1-9(2)7-6-8-11(10(3)4)13-12-5/h8-10H,6-7H2,1-5H3/b11-8-,13-12?. The van der Waals surface area contributed by atoms with Gasteiger partial charge in [-0.25, -0.2) is 0 Å². The quantitative estimate of drug-likeness (QED) is 0.573. The highest BCUT2D eigenvalue weighted by Gasteiger charge is 2.00. The highest BCUT2D eigenvalue weighted by molar-refractivity contribution is 5.01. The van der Waals surface area contributed by atoms with Gasteiger partial charge in [0, 0.05) is 7.05 Å². The van der Waals surface area contributed by atoms with E-state index in [0.717, 1.165) is 18.0 Å². The van der Waals surface area contributed by atoms with E-state index in [4.69, 9.17) is 0 Å². The van der Waals surface area contributed by atoms with Gasteiger partial charge in [-0.15, -0.1) is 0 Å². The minimum Gasteiger partial charge on any atom is -0.192 e. The first-order valence-electron chi connectivity index (χ1n) is 5.07. The largest absolute Gasteiger partial charge is 0.192 e. The van der Waals surface area contributed by atoms with Crippen molar-refractivity contribution in [2.45, 2.75) is 40.5 Å². The van der Waals surface area contributed by atoms with Crippen LogP contribution >= 0.6 is 0 Å². The van der Waals surface area contributed by atoms with Crippen LogP contribution < -0.4 is 0 Å². The Morgan fingerprint density at radius 2 is 1.85 bits per heavy atom. The smallest absolute Gasteiger partial charge is 0.0611 e. The molecule has 0 amide bonds. The van der Waals surface area contributed by atoms with Crippen LogP contribution in [0.4, 0.5) is 0 Å². The molecule has 0 aliphatic rings. The van der Waals surface area contributed by atoms with Crippen LogP contribution in [0, 0.1) is 11.8 Å². The van der Waals surface area contributed by atoms with E-state index in [9.17, 15) is 0 Å². The van der Waals surface area contributed by atoms with Gasteiger partial charge < -0.3 is 0 Å². The second-order valence-electron chi connectivity index (χ2n) is 4.05. The average molecular weight is 182 g/mol. The van der Waals surface area contributed by atoms with Gasteiger partial charge >= 0.3 is 0 Å². The summed E-state index contributed by atoms with van der Waals surface area (Å²) in [6.07, 6.45) is 4.55. The highest BCUT2D eigenvalue weighted by Crippen LogP contribution is 2.14. The number of hydrogen-bond acceptors (Lipinski definition) is 2. The van der Waals surface area contributed by atoms with Crippen molar-refractivity contribution < 1.29 is 0 Å². The van der Waals surface area contributed by atoms with E-state index >= 15 is 0 Å². The fraction of sp³-hybridized carbons (Fsp3) is 0.818. The maximum absolute atomic E-state index is 4.11.